The Morgan fingerprint density at radius 1 is 1.00 bits per heavy atom. The van der Waals surface area contributed by atoms with Crippen LogP contribution in [-0.4, -0.2) is 57.4 Å². The van der Waals surface area contributed by atoms with E-state index in [1.165, 1.54) is 0 Å². The van der Waals surface area contributed by atoms with E-state index in [1.54, 1.807) is 0 Å². The topological polar surface area (TPSA) is 50.7 Å². The van der Waals surface area contributed by atoms with Crippen molar-refractivity contribution in [1.29, 1.82) is 0 Å². The van der Waals surface area contributed by atoms with Crippen LogP contribution in [0.25, 0.3) is 0 Å². The molecule has 2 N–H and O–H groups in total. The number of nitrogens with one attached hydrogen (secondary N) is 1. The number of ether oxygens (including phenoxy) is 2. The molecular weight excluding hydrogens is 215 g/mol. The van der Waals surface area contributed by atoms with Crippen LogP contribution in [0, 0.1) is 0 Å². The zero-order valence-corrected chi connectivity index (χ0v) is 8.35. The first-order chi connectivity index (χ1) is 7.06. The molecule has 7 heteroatoms. The Labute approximate surface area is 86.4 Å². The van der Waals surface area contributed by atoms with Gasteiger partial charge in [0.1, 0.15) is 6.61 Å². The van der Waals surface area contributed by atoms with E-state index in [-0.39, 0.29) is 19.8 Å². The van der Waals surface area contributed by atoms with Crippen molar-refractivity contribution in [3.63, 3.8) is 0 Å². The summed E-state index contributed by atoms with van der Waals surface area (Å²) in [4.78, 5) is 0. The molecule has 0 aromatic heterocycles. The highest BCUT2D eigenvalue weighted by Crippen LogP contribution is 2.13. The van der Waals surface area contributed by atoms with Crippen molar-refractivity contribution in [1.82, 2.24) is 5.32 Å². The summed E-state index contributed by atoms with van der Waals surface area (Å²) in [6, 6.07) is 0. The van der Waals surface area contributed by atoms with Crippen LogP contribution in [0.4, 0.5) is 13.2 Å². The molecule has 0 spiro atoms. The number of halogens is 3. The first kappa shape index (κ1) is 14.6. The van der Waals surface area contributed by atoms with Crippen molar-refractivity contribution in [2.45, 2.75) is 6.18 Å². The van der Waals surface area contributed by atoms with Crippen LogP contribution < -0.4 is 5.32 Å². The van der Waals surface area contributed by atoms with Crippen molar-refractivity contribution in [3.8, 4) is 0 Å². The van der Waals surface area contributed by atoms with Gasteiger partial charge in [-0.15, -0.1) is 0 Å². The zero-order valence-electron chi connectivity index (χ0n) is 8.35. The summed E-state index contributed by atoms with van der Waals surface area (Å²) in [7, 11) is 0. The molecule has 0 fully saturated rings. The Kier molecular flexibility index (Phi) is 8.68. The van der Waals surface area contributed by atoms with Gasteiger partial charge in [-0.3, -0.25) is 0 Å². The van der Waals surface area contributed by atoms with Gasteiger partial charge in [-0.2, -0.15) is 13.2 Å². The number of alkyl halides is 3. The predicted octanol–water partition coefficient (Wildman–Crippen LogP) is 0.164. The Hall–Kier alpha value is -0.370. The number of aliphatic hydroxyl groups is 1. The van der Waals surface area contributed by atoms with E-state index in [1.807, 2.05) is 0 Å². The lowest BCUT2D eigenvalue weighted by Crippen LogP contribution is -2.26. The number of rotatable bonds is 9. The fraction of sp³-hybridized carbons (Fsp3) is 1.00. The van der Waals surface area contributed by atoms with Gasteiger partial charge >= 0.3 is 6.18 Å². The van der Waals surface area contributed by atoms with Crippen LogP contribution in [0.1, 0.15) is 0 Å². The van der Waals surface area contributed by atoms with Crippen LogP contribution >= 0.6 is 0 Å². The van der Waals surface area contributed by atoms with E-state index in [2.05, 4.69) is 10.1 Å². The molecule has 0 bridgehead atoms. The fourth-order valence-electron chi connectivity index (χ4n) is 0.768. The van der Waals surface area contributed by atoms with Crippen molar-refractivity contribution >= 4 is 0 Å². The standard InChI is InChI=1S/C8H16F3NO3/c9-8(10,11)7-15-5-2-12-1-4-14-6-3-13/h12-13H,1-7H2. The SMILES string of the molecule is OCCOCCNCCOCC(F)(F)F. The van der Waals surface area contributed by atoms with Crippen molar-refractivity contribution in [2.24, 2.45) is 0 Å². The van der Waals surface area contributed by atoms with E-state index >= 15 is 0 Å². The third-order valence-electron chi connectivity index (χ3n) is 1.35. The van der Waals surface area contributed by atoms with Gasteiger partial charge < -0.3 is 19.9 Å². The van der Waals surface area contributed by atoms with Crippen LogP contribution in [-0.2, 0) is 9.47 Å². The molecule has 0 amide bonds. The minimum Gasteiger partial charge on any atom is -0.394 e. The highest BCUT2D eigenvalue weighted by molar-refractivity contribution is 4.48. The minimum atomic E-state index is -4.26. The molecule has 0 rings (SSSR count). The highest BCUT2D eigenvalue weighted by Gasteiger charge is 2.27. The van der Waals surface area contributed by atoms with Gasteiger partial charge in [0.15, 0.2) is 0 Å². The summed E-state index contributed by atoms with van der Waals surface area (Å²) in [5.74, 6) is 0. The van der Waals surface area contributed by atoms with Gasteiger partial charge in [-0.25, -0.2) is 0 Å². The van der Waals surface area contributed by atoms with Crippen LogP contribution in [0.3, 0.4) is 0 Å². The summed E-state index contributed by atoms with van der Waals surface area (Å²) >= 11 is 0. The summed E-state index contributed by atoms with van der Waals surface area (Å²) < 4.78 is 44.0. The fourth-order valence-corrected chi connectivity index (χ4v) is 0.768. The summed E-state index contributed by atoms with van der Waals surface area (Å²) in [6.07, 6.45) is -4.26. The first-order valence-electron chi connectivity index (χ1n) is 4.60. The second-order valence-electron chi connectivity index (χ2n) is 2.75. The molecule has 92 valence electrons. The second-order valence-corrected chi connectivity index (χ2v) is 2.75. The molecular formula is C8H16F3NO3. The summed E-state index contributed by atoms with van der Waals surface area (Å²) in [5, 5.41) is 11.2. The lowest BCUT2D eigenvalue weighted by Gasteiger charge is -2.08. The molecule has 0 aliphatic rings. The smallest absolute Gasteiger partial charge is 0.394 e. The zero-order chi connectivity index (χ0) is 11.6. The van der Waals surface area contributed by atoms with Crippen LogP contribution in [0.15, 0.2) is 0 Å². The van der Waals surface area contributed by atoms with Crippen LogP contribution in [0.5, 0.6) is 0 Å². The van der Waals surface area contributed by atoms with E-state index in [0.29, 0.717) is 19.7 Å². The maximum atomic E-state index is 11.6. The van der Waals surface area contributed by atoms with Gasteiger partial charge in [0, 0.05) is 13.1 Å². The van der Waals surface area contributed by atoms with E-state index < -0.39 is 12.8 Å². The van der Waals surface area contributed by atoms with Gasteiger partial charge in [-0.05, 0) is 0 Å². The third kappa shape index (κ3) is 13.6. The molecule has 0 radical (unpaired) electrons. The Balaban J connectivity index is 2.99. The first-order valence-corrected chi connectivity index (χ1v) is 4.60. The van der Waals surface area contributed by atoms with E-state index in [9.17, 15) is 13.2 Å². The highest BCUT2D eigenvalue weighted by atomic mass is 19.4. The van der Waals surface area contributed by atoms with Crippen LogP contribution in [0.2, 0.25) is 0 Å². The average Bonchev–Trinajstić information content (AvgIpc) is 2.14. The maximum absolute atomic E-state index is 11.6. The lowest BCUT2D eigenvalue weighted by molar-refractivity contribution is -0.173. The molecule has 0 aliphatic carbocycles. The maximum Gasteiger partial charge on any atom is 0.411 e. The molecule has 0 aliphatic heterocycles. The normalized spacial score (nSPS) is 12.0. The average molecular weight is 231 g/mol. The van der Waals surface area contributed by atoms with E-state index in [0.717, 1.165) is 0 Å². The quantitative estimate of drug-likeness (QED) is 0.555. The summed E-state index contributed by atoms with van der Waals surface area (Å²) in [6.45, 7) is 0.323. The molecule has 4 nitrogen and oxygen atoms in total. The van der Waals surface area contributed by atoms with Gasteiger partial charge in [-0.1, -0.05) is 0 Å². The molecule has 15 heavy (non-hydrogen) atoms. The second kappa shape index (κ2) is 8.90. The molecule has 0 saturated carbocycles. The lowest BCUT2D eigenvalue weighted by atomic mass is 10.6. The molecule has 0 atom stereocenters. The monoisotopic (exact) mass is 231 g/mol. The summed E-state index contributed by atoms with van der Waals surface area (Å²) in [5.41, 5.74) is 0. The molecule has 0 heterocycles. The molecule has 0 unspecified atom stereocenters. The van der Waals surface area contributed by atoms with E-state index in [4.69, 9.17) is 9.84 Å². The number of aliphatic hydroxyl groups excluding tert-OH is 1. The minimum absolute atomic E-state index is 0.0134. The predicted molar refractivity (Wildman–Crippen MR) is 47.6 cm³/mol. The Bertz CT molecular complexity index is 144. The number of hydrogen-bond donors (Lipinski definition) is 2. The van der Waals surface area contributed by atoms with Crippen molar-refractivity contribution < 1.29 is 27.8 Å². The largest absolute Gasteiger partial charge is 0.411 e. The van der Waals surface area contributed by atoms with Gasteiger partial charge in [0.2, 0.25) is 0 Å². The molecule has 0 saturated heterocycles. The van der Waals surface area contributed by atoms with Gasteiger partial charge in [0.05, 0.1) is 26.4 Å². The molecule has 0 aromatic rings. The van der Waals surface area contributed by atoms with Crippen molar-refractivity contribution in [2.75, 3.05) is 46.1 Å². The van der Waals surface area contributed by atoms with Gasteiger partial charge in [0.25, 0.3) is 0 Å². The Morgan fingerprint density at radius 3 is 2.13 bits per heavy atom. The molecule has 0 aromatic carbocycles. The third-order valence-corrected chi connectivity index (χ3v) is 1.35. The Morgan fingerprint density at radius 2 is 1.60 bits per heavy atom. The van der Waals surface area contributed by atoms with Crippen molar-refractivity contribution in [3.05, 3.63) is 0 Å². The number of hydrogen-bond acceptors (Lipinski definition) is 4.